The van der Waals surface area contributed by atoms with E-state index in [0.717, 1.165) is 0 Å². The van der Waals surface area contributed by atoms with Crippen LogP contribution in [0.4, 0.5) is 5.69 Å². The highest BCUT2D eigenvalue weighted by atomic mass is 16.5. The van der Waals surface area contributed by atoms with Gasteiger partial charge in [-0.05, 0) is 18.1 Å². The number of fused-ring (bicyclic) bond motifs is 3. The molecule has 3 rings (SSSR count). The second-order valence-electron chi connectivity index (χ2n) is 7.43. The number of ether oxygens (including phenoxy) is 1. The first-order chi connectivity index (χ1) is 13.8. The lowest BCUT2D eigenvalue weighted by atomic mass is 9.95. The van der Waals surface area contributed by atoms with E-state index in [4.69, 9.17) is 11.2 Å². The first-order valence-electron chi connectivity index (χ1n) is 9.44. The van der Waals surface area contributed by atoms with Gasteiger partial charge in [0.15, 0.2) is 6.61 Å². The number of terminal acetylenes is 1. The van der Waals surface area contributed by atoms with Crippen LogP contribution in [0.5, 0.6) is 0 Å². The SMILES string of the molecule is C#CCNC(=O)COC(=O)[C@@]12CCC(=O)N1c1ccccc1C(=O)N2CC(C)C. The van der Waals surface area contributed by atoms with E-state index >= 15 is 0 Å². The number of nitrogens with one attached hydrogen (secondary N) is 1. The minimum atomic E-state index is -1.60. The minimum Gasteiger partial charge on any atom is -0.452 e. The summed E-state index contributed by atoms with van der Waals surface area (Å²) in [6, 6.07) is 6.70. The van der Waals surface area contributed by atoms with Gasteiger partial charge in [-0.3, -0.25) is 19.3 Å². The summed E-state index contributed by atoms with van der Waals surface area (Å²) < 4.78 is 5.26. The molecule has 0 unspecified atom stereocenters. The van der Waals surface area contributed by atoms with Crippen molar-refractivity contribution < 1.29 is 23.9 Å². The van der Waals surface area contributed by atoms with Crippen LogP contribution in [0, 0.1) is 18.3 Å². The van der Waals surface area contributed by atoms with Crippen molar-refractivity contribution >= 4 is 29.4 Å². The molecule has 0 bridgehead atoms. The molecule has 2 heterocycles. The van der Waals surface area contributed by atoms with E-state index in [1.807, 2.05) is 13.8 Å². The minimum absolute atomic E-state index is 0.0114. The summed E-state index contributed by atoms with van der Waals surface area (Å²) in [5.41, 5.74) is -0.855. The second-order valence-corrected chi connectivity index (χ2v) is 7.43. The fourth-order valence-electron chi connectivity index (χ4n) is 3.81. The Morgan fingerprint density at radius 3 is 2.72 bits per heavy atom. The van der Waals surface area contributed by atoms with Crippen molar-refractivity contribution in [3.8, 4) is 12.3 Å². The van der Waals surface area contributed by atoms with Crippen molar-refractivity contribution in [1.82, 2.24) is 10.2 Å². The fourth-order valence-corrected chi connectivity index (χ4v) is 3.81. The molecule has 2 aliphatic rings. The topological polar surface area (TPSA) is 96.0 Å². The summed E-state index contributed by atoms with van der Waals surface area (Å²) in [6.07, 6.45) is 5.29. The summed E-state index contributed by atoms with van der Waals surface area (Å²) in [5.74, 6) is 0.338. The lowest BCUT2D eigenvalue weighted by molar-refractivity contribution is -0.160. The normalized spacial score (nSPS) is 20.2. The highest BCUT2D eigenvalue weighted by Crippen LogP contribution is 2.45. The number of nitrogens with zero attached hydrogens (tertiary/aromatic N) is 2. The Morgan fingerprint density at radius 2 is 2.03 bits per heavy atom. The van der Waals surface area contributed by atoms with Crippen LogP contribution in [-0.2, 0) is 19.1 Å². The van der Waals surface area contributed by atoms with Gasteiger partial charge >= 0.3 is 5.97 Å². The van der Waals surface area contributed by atoms with Gasteiger partial charge in [0.25, 0.3) is 11.8 Å². The van der Waals surface area contributed by atoms with Gasteiger partial charge in [-0.25, -0.2) is 4.79 Å². The predicted octanol–water partition coefficient (Wildman–Crippen LogP) is 0.914. The number of esters is 1. The van der Waals surface area contributed by atoms with Crippen molar-refractivity contribution in [2.45, 2.75) is 32.4 Å². The number of hydrogen-bond donors (Lipinski definition) is 1. The van der Waals surface area contributed by atoms with Crippen LogP contribution in [0.1, 0.15) is 37.0 Å². The van der Waals surface area contributed by atoms with E-state index in [9.17, 15) is 19.2 Å². The van der Waals surface area contributed by atoms with Crippen LogP contribution in [0.3, 0.4) is 0 Å². The summed E-state index contributed by atoms with van der Waals surface area (Å²) in [4.78, 5) is 53.9. The average Bonchev–Trinajstić information content (AvgIpc) is 3.06. The molecule has 1 fully saturated rings. The maximum atomic E-state index is 13.3. The van der Waals surface area contributed by atoms with E-state index in [0.29, 0.717) is 11.3 Å². The van der Waals surface area contributed by atoms with Crippen LogP contribution < -0.4 is 10.2 Å². The second kappa shape index (κ2) is 7.95. The van der Waals surface area contributed by atoms with Crippen LogP contribution in [0.15, 0.2) is 24.3 Å². The van der Waals surface area contributed by atoms with Crippen molar-refractivity contribution in [3.05, 3.63) is 29.8 Å². The monoisotopic (exact) mass is 397 g/mol. The number of anilines is 1. The van der Waals surface area contributed by atoms with Crippen molar-refractivity contribution in [1.29, 1.82) is 0 Å². The third-order valence-corrected chi connectivity index (χ3v) is 4.97. The Balaban J connectivity index is 2.01. The molecule has 8 heteroatoms. The number of benzene rings is 1. The molecule has 1 N–H and O–H groups in total. The van der Waals surface area contributed by atoms with E-state index in [-0.39, 0.29) is 43.7 Å². The molecule has 0 aliphatic carbocycles. The van der Waals surface area contributed by atoms with Gasteiger partial charge in [0.05, 0.1) is 17.8 Å². The van der Waals surface area contributed by atoms with E-state index < -0.39 is 24.1 Å². The van der Waals surface area contributed by atoms with Gasteiger partial charge in [0.1, 0.15) is 0 Å². The highest BCUT2D eigenvalue weighted by Gasteiger charge is 2.62. The molecule has 1 aromatic rings. The molecule has 8 nitrogen and oxygen atoms in total. The van der Waals surface area contributed by atoms with E-state index in [1.54, 1.807) is 24.3 Å². The fraction of sp³-hybridized carbons (Fsp3) is 0.429. The largest absolute Gasteiger partial charge is 0.452 e. The van der Waals surface area contributed by atoms with Gasteiger partial charge < -0.3 is 15.0 Å². The van der Waals surface area contributed by atoms with Crippen LogP contribution in [0.25, 0.3) is 0 Å². The maximum Gasteiger partial charge on any atom is 0.354 e. The van der Waals surface area contributed by atoms with Gasteiger partial charge in [0, 0.05) is 19.4 Å². The molecule has 0 radical (unpaired) electrons. The molecule has 2 aliphatic heterocycles. The molecule has 1 aromatic carbocycles. The maximum absolute atomic E-state index is 13.3. The molecule has 0 aromatic heterocycles. The summed E-state index contributed by atoms with van der Waals surface area (Å²) in [7, 11) is 0. The standard InChI is InChI=1S/C21H23N3O5/c1-4-11-22-17(25)13-29-20(28)21-10-9-18(26)24(21)16-8-6-5-7-15(16)19(27)23(21)12-14(2)3/h1,5-8,14H,9-13H2,2-3H3,(H,22,25)/t21-/m1/s1. The average molecular weight is 397 g/mol. The molecule has 1 saturated heterocycles. The zero-order valence-corrected chi connectivity index (χ0v) is 16.4. The zero-order chi connectivity index (χ0) is 21.2. The van der Waals surface area contributed by atoms with E-state index in [1.165, 1.54) is 9.80 Å². The number of amides is 3. The van der Waals surface area contributed by atoms with Gasteiger partial charge in [-0.2, -0.15) is 0 Å². The molecule has 152 valence electrons. The molecule has 3 amide bonds. The summed E-state index contributed by atoms with van der Waals surface area (Å²) in [6.45, 7) is 3.56. The Bertz CT molecular complexity index is 904. The van der Waals surface area contributed by atoms with Gasteiger partial charge in [-0.1, -0.05) is 31.9 Å². The van der Waals surface area contributed by atoms with Crippen LogP contribution in [-0.4, -0.2) is 54.0 Å². The lowest BCUT2D eigenvalue weighted by Gasteiger charge is -2.48. The number of hydrogen-bond acceptors (Lipinski definition) is 5. The van der Waals surface area contributed by atoms with Crippen LogP contribution in [0.2, 0.25) is 0 Å². The third-order valence-electron chi connectivity index (χ3n) is 4.97. The number of carbonyl (C=O) groups is 4. The summed E-state index contributed by atoms with van der Waals surface area (Å²) in [5, 5.41) is 2.41. The highest BCUT2D eigenvalue weighted by molar-refractivity contribution is 6.15. The van der Waals surface area contributed by atoms with Gasteiger partial charge in [-0.15, -0.1) is 6.42 Å². The Morgan fingerprint density at radius 1 is 1.31 bits per heavy atom. The Kier molecular flexibility index (Phi) is 5.59. The van der Waals surface area contributed by atoms with Crippen LogP contribution >= 0.6 is 0 Å². The first kappa shape index (κ1) is 20.4. The van der Waals surface area contributed by atoms with Gasteiger partial charge in [0.2, 0.25) is 11.6 Å². The molecule has 1 atom stereocenters. The molecule has 29 heavy (non-hydrogen) atoms. The first-order valence-corrected chi connectivity index (χ1v) is 9.44. The molecular weight excluding hydrogens is 374 g/mol. The van der Waals surface area contributed by atoms with E-state index in [2.05, 4.69) is 11.2 Å². The van der Waals surface area contributed by atoms with Crippen molar-refractivity contribution in [2.24, 2.45) is 5.92 Å². The van der Waals surface area contributed by atoms with Crippen molar-refractivity contribution in [2.75, 3.05) is 24.6 Å². The Labute approximate surface area is 169 Å². The molecule has 0 spiro atoms. The lowest BCUT2D eigenvalue weighted by Crippen LogP contribution is -2.69. The Hall–Kier alpha value is -3.34. The third kappa shape index (κ3) is 3.44. The molecular formula is C21H23N3O5. The number of rotatable bonds is 6. The smallest absolute Gasteiger partial charge is 0.354 e. The van der Waals surface area contributed by atoms with Crippen molar-refractivity contribution in [3.63, 3.8) is 0 Å². The molecule has 0 saturated carbocycles. The quantitative estimate of drug-likeness (QED) is 0.569. The zero-order valence-electron chi connectivity index (χ0n) is 16.4. The summed E-state index contributed by atoms with van der Waals surface area (Å²) >= 11 is 0. The predicted molar refractivity (Wildman–Crippen MR) is 105 cm³/mol. The number of carbonyl (C=O) groups excluding carboxylic acids is 4. The number of para-hydroxylation sites is 1.